The first-order chi connectivity index (χ1) is 18.6. The van der Waals surface area contributed by atoms with Crippen LogP contribution in [0, 0.1) is 48.5 Å². The Morgan fingerprint density at radius 2 is 0.795 bits per heavy atom. The Labute approximate surface area is 235 Å². The molecular formula is C35H42N4. The van der Waals surface area contributed by atoms with Gasteiger partial charge < -0.3 is 10.6 Å². The van der Waals surface area contributed by atoms with Crippen LogP contribution in [0.15, 0.2) is 88.8 Å². The second-order valence-corrected chi connectivity index (χ2v) is 10.2. The van der Waals surface area contributed by atoms with Crippen LogP contribution in [0.3, 0.4) is 0 Å². The maximum atomic E-state index is 4.74. The molecule has 39 heavy (non-hydrogen) atoms. The van der Waals surface area contributed by atoms with Gasteiger partial charge in [-0.1, -0.05) is 72.8 Å². The van der Waals surface area contributed by atoms with Gasteiger partial charge in [0, 0.05) is 11.4 Å². The summed E-state index contributed by atoms with van der Waals surface area (Å²) in [6.45, 7) is 18.7. The van der Waals surface area contributed by atoms with Crippen molar-refractivity contribution in [3.63, 3.8) is 0 Å². The average Bonchev–Trinajstić information content (AvgIpc) is 2.88. The highest BCUT2D eigenvalue weighted by Crippen LogP contribution is 2.25. The minimum Gasteiger partial charge on any atom is -0.344 e. The predicted octanol–water partition coefficient (Wildman–Crippen LogP) is 9.86. The zero-order valence-electron chi connectivity index (χ0n) is 24.9. The van der Waals surface area contributed by atoms with Gasteiger partial charge in [-0.15, -0.1) is 0 Å². The fourth-order valence-corrected chi connectivity index (χ4v) is 4.46. The Morgan fingerprint density at radius 3 is 1.23 bits per heavy atom. The van der Waals surface area contributed by atoms with Crippen molar-refractivity contribution < 1.29 is 0 Å². The van der Waals surface area contributed by atoms with Crippen LogP contribution in [-0.2, 0) is 0 Å². The highest BCUT2D eigenvalue weighted by molar-refractivity contribution is 5.97. The zero-order chi connectivity index (χ0) is 28.5. The number of aliphatic imine (C=N–C) groups is 2. The van der Waals surface area contributed by atoms with Crippen molar-refractivity contribution in [2.24, 2.45) is 9.98 Å². The van der Waals surface area contributed by atoms with Gasteiger partial charge in [-0.3, -0.25) is 0 Å². The van der Waals surface area contributed by atoms with Crippen LogP contribution in [0.2, 0.25) is 0 Å². The number of anilines is 2. The molecule has 4 aromatic carbocycles. The van der Waals surface area contributed by atoms with E-state index in [9.17, 15) is 0 Å². The fourth-order valence-electron chi connectivity index (χ4n) is 4.46. The van der Waals surface area contributed by atoms with E-state index in [0.717, 1.165) is 34.4 Å². The molecule has 4 aromatic rings. The summed E-state index contributed by atoms with van der Waals surface area (Å²) in [5.41, 5.74) is 12.9. The van der Waals surface area contributed by atoms with E-state index in [0.29, 0.717) is 0 Å². The Kier molecular flexibility index (Phi) is 10.2. The first-order valence-electron chi connectivity index (χ1n) is 13.5. The largest absolute Gasteiger partial charge is 0.344 e. The summed E-state index contributed by atoms with van der Waals surface area (Å²) in [7, 11) is 0. The number of rotatable bonds is 4. The minimum absolute atomic E-state index is 0.909. The zero-order valence-corrected chi connectivity index (χ0v) is 24.9. The smallest absolute Gasteiger partial charge is 0.103 e. The van der Waals surface area contributed by atoms with Gasteiger partial charge in [-0.2, -0.15) is 0 Å². The molecule has 0 aliphatic rings. The van der Waals surface area contributed by atoms with E-state index in [4.69, 9.17) is 9.98 Å². The van der Waals surface area contributed by atoms with E-state index in [-0.39, 0.29) is 0 Å². The first kappa shape index (κ1) is 29.4. The third-order valence-electron chi connectivity index (χ3n) is 6.69. The topological polar surface area (TPSA) is 48.8 Å². The molecule has 0 saturated carbocycles. The quantitative estimate of drug-likeness (QED) is 0.209. The molecule has 0 heterocycles. The number of benzene rings is 4. The molecule has 0 bridgehead atoms. The Hall–Kier alpha value is -4.18. The number of para-hydroxylation sites is 4. The van der Waals surface area contributed by atoms with Crippen molar-refractivity contribution in [2.45, 2.75) is 62.3 Å². The van der Waals surface area contributed by atoms with Crippen LogP contribution >= 0.6 is 0 Å². The van der Waals surface area contributed by atoms with Crippen molar-refractivity contribution in [3.05, 3.63) is 118 Å². The molecule has 0 aliphatic carbocycles. The van der Waals surface area contributed by atoms with Gasteiger partial charge in [0.2, 0.25) is 0 Å². The lowest BCUT2D eigenvalue weighted by molar-refractivity contribution is 1.31. The molecule has 4 heteroatoms. The highest BCUT2D eigenvalue weighted by atomic mass is 15.0. The second kappa shape index (κ2) is 13.6. The van der Waals surface area contributed by atoms with Crippen LogP contribution in [-0.4, -0.2) is 11.7 Å². The molecule has 0 radical (unpaired) electrons. The minimum atomic E-state index is 0.909. The van der Waals surface area contributed by atoms with Crippen LogP contribution in [0.1, 0.15) is 52.8 Å². The van der Waals surface area contributed by atoms with E-state index < -0.39 is 0 Å². The lowest BCUT2D eigenvalue weighted by Gasteiger charge is -2.13. The molecule has 4 rings (SSSR count). The molecule has 0 fully saturated rings. The molecule has 202 valence electrons. The van der Waals surface area contributed by atoms with Crippen molar-refractivity contribution in [2.75, 3.05) is 10.6 Å². The number of aryl methyl sites for hydroxylation is 7. The molecule has 0 saturated heterocycles. The van der Waals surface area contributed by atoms with Gasteiger partial charge in [0.05, 0.1) is 11.4 Å². The molecule has 0 atom stereocenters. The number of hydrogen-bond donors (Lipinski definition) is 2. The predicted molar refractivity (Wildman–Crippen MR) is 172 cm³/mol. The van der Waals surface area contributed by atoms with E-state index in [1.807, 2.05) is 26.0 Å². The van der Waals surface area contributed by atoms with Gasteiger partial charge >= 0.3 is 0 Å². The van der Waals surface area contributed by atoms with E-state index in [2.05, 4.69) is 126 Å². The maximum Gasteiger partial charge on any atom is 0.103 e. The summed E-state index contributed by atoms with van der Waals surface area (Å²) >= 11 is 0. The van der Waals surface area contributed by atoms with Gasteiger partial charge in [0.15, 0.2) is 0 Å². The van der Waals surface area contributed by atoms with Gasteiger partial charge in [-0.05, 0) is 107 Å². The van der Waals surface area contributed by atoms with Crippen molar-refractivity contribution in [1.82, 2.24) is 0 Å². The summed E-state index contributed by atoms with van der Waals surface area (Å²) in [4.78, 5) is 9.44. The van der Waals surface area contributed by atoms with Gasteiger partial charge in [-0.25, -0.2) is 9.98 Å². The molecule has 2 N–H and O–H groups in total. The fraction of sp³-hybridized carbons (Fsp3) is 0.257. The standard InChI is InChI=1S/C18H22N2.C17H20N2/c1-12-8-6-9-13(2)17(12)19-16(5)20-18-14(3)10-7-11-15(18)4;1-12-8-5-6-11-16(12)18-15(4)19-17-13(2)9-7-10-14(17)3/h6-11H,1-5H3,(H,19,20);5-11H,1-4H3,(H,18,19). The molecule has 0 unspecified atom stereocenters. The molecule has 0 amide bonds. The summed E-state index contributed by atoms with van der Waals surface area (Å²) in [6, 6.07) is 27.0. The molecule has 4 nitrogen and oxygen atoms in total. The van der Waals surface area contributed by atoms with Crippen LogP contribution < -0.4 is 10.6 Å². The number of nitrogens with one attached hydrogen (secondary N) is 2. The summed E-state index contributed by atoms with van der Waals surface area (Å²) in [6.07, 6.45) is 0. The maximum absolute atomic E-state index is 4.74. The normalized spacial score (nSPS) is 11.5. The number of hydrogen-bond acceptors (Lipinski definition) is 2. The van der Waals surface area contributed by atoms with Gasteiger partial charge in [0.1, 0.15) is 11.7 Å². The van der Waals surface area contributed by atoms with E-state index >= 15 is 0 Å². The van der Waals surface area contributed by atoms with Crippen molar-refractivity contribution in [3.8, 4) is 0 Å². The SMILES string of the molecule is CC(=Nc1c(C)cccc1C)Nc1c(C)cccc1C.CC(=Nc1c(C)cccc1C)Nc1ccccc1C. The van der Waals surface area contributed by atoms with Crippen LogP contribution in [0.4, 0.5) is 22.7 Å². The third kappa shape index (κ3) is 8.15. The summed E-state index contributed by atoms with van der Waals surface area (Å²) in [5.74, 6) is 1.83. The van der Waals surface area contributed by atoms with Crippen LogP contribution in [0.25, 0.3) is 0 Å². The van der Waals surface area contributed by atoms with Crippen molar-refractivity contribution in [1.29, 1.82) is 0 Å². The molecular weight excluding hydrogens is 476 g/mol. The van der Waals surface area contributed by atoms with E-state index in [1.165, 1.54) is 38.9 Å². The monoisotopic (exact) mass is 518 g/mol. The van der Waals surface area contributed by atoms with Crippen molar-refractivity contribution >= 4 is 34.4 Å². The Bertz CT molecular complexity index is 1430. The number of nitrogens with zero attached hydrogens (tertiary/aromatic N) is 2. The second-order valence-electron chi connectivity index (χ2n) is 10.2. The summed E-state index contributed by atoms with van der Waals surface area (Å²) in [5, 5.41) is 6.79. The first-order valence-corrected chi connectivity index (χ1v) is 13.5. The summed E-state index contributed by atoms with van der Waals surface area (Å²) < 4.78 is 0. The lowest BCUT2D eigenvalue weighted by atomic mass is 10.1. The highest BCUT2D eigenvalue weighted by Gasteiger charge is 2.05. The number of amidine groups is 2. The van der Waals surface area contributed by atoms with Crippen LogP contribution in [0.5, 0.6) is 0 Å². The molecule has 0 aromatic heterocycles. The third-order valence-corrected chi connectivity index (χ3v) is 6.69. The molecule has 0 spiro atoms. The molecule has 0 aliphatic heterocycles. The van der Waals surface area contributed by atoms with E-state index in [1.54, 1.807) is 0 Å². The van der Waals surface area contributed by atoms with Gasteiger partial charge in [0.25, 0.3) is 0 Å². The lowest BCUT2D eigenvalue weighted by Crippen LogP contribution is -2.09. The average molecular weight is 519 g/mol. The Balaban J connectivity index is 0.000000216. The Morgan fingerprint density at radius 1 is 0.436 bits per heavy atom.